The van der Waals surface area contributed by atoms with Crippen molar-refractivity contribution in [3.63, 3.8) is 0 Å². The van der Waals surface area contributed by atoms with Crippen LogP contribution in [0.5, 0.6) is 0 Å². The van der Waals surface area contributed by atoms with E-state index in [0.717, 1.165) is 83.4 Å². The fourth-order valence-electron chi connectivity index (χ4n) is 7.96. The molecule has 5 fully saturated rings. The zero-order valence-electron chi connectivity index (χ0n) is 22.4. The summed E-state index contributed by atoms with van der Waals surface area (Å²) in [4.78, 5) is 13.7. The molecule has 1 aliphatic heterocycles. The van der Waals surface area contributed by atoms with Crippen molar-refractivity contribution in [3.8, 4) is 0 Å². The summed E-state index contributed by atoms with van der Waals surface area (Å²) >= 11 is 0. The third-order valence-corrected chi connectivity index (χ3v) is 28.7. The topological polar surface area (TPSA) is 17.1 Å². The van der Waals surface area contributed by atoms with Crippen molar-refractivity contribution in [2.75, 3.05) is 26.7 Å². The molecule has 0 spiro atoms. The van der Waals surface area contributed by atoms with Crippen LogP contribution in [0.4, 0.5) is 0 Å². The van der Waals surface area contributed by atoms with E-state index in [4.69, 9.17) is 0 Å². The molecule has 1 aromatic rings. The Kier molecular flexibility index (Phi) is 10.5. The van der Waals surface area contributed by atoms with Crippen molar-refractivity contribution in [1.82, 2.24) is 0 Å². The predicted octanol–water partition coefficient (Wildman–Crippen LogP) is 8.89. The van der Waals surface area contributed by atoms with E-state index in [1.807, 2.05) is 0 Å². The van der Waals surface area contributed by atoms with Gasteiger partial charge in [0.05, 0.1) is 0 Å². The number of rotatable bonds is 11. The SMILES string of the molecule is CPC1(PC)CC(C(=O)PCc2ccccc2PPC23CC4CC(CC(C4)C2)C3)CC(PC)(PC)P1. The molecule has 4 saturated carbocycles. The van der Waals surface area contributed by atoms with Gasteiger partial charge in [-0.15, -0.1) is 34.3 Å². The van der Waals surface area contributed by atoms with E-state index in [9.17, 15) is 4.79 Å². The standard InChI is InChI=1S/C27H46OP8/c1-29-26(30-2)15-22(16-27(31-3,32-4)35-26)24(28)33-17-21-7-5-6-8-23(21)34-36-25-12-18-9-19(13-25)11-20(10-18)14-25/h5-8,18-20,22,29-36H,9-17H2,1-4H3. The van der Waals surface area contributed by atoms with E-state index >= 15 is 0 Å². The maximum absolute atomic E-state index is 13.7. The molecule has 4 bridgehead atoms. The first-order chi connectivity index (χ1) is 17.3. The van der Waals surface area contributed by atoms with Gasteiger partial charge in [-0.1, -0.05) is 49.4 Å². The van der Waals surface area contributed by atoms with E-state index < -0.39 is 0 Å². The fraction of sp³-hybridized carbons (Fsp3) is 0.741. The van der Waals surface area contributed by atoms with E-state index in [-0.39, 0.29) is 0 Å². The minimum atomic E-state index is 0.327. The highest BCUT2D eigenvalue weighted by molar-refractivity contribution is 8.16. The zero-order chi connectivity index (χ0) is 25.4. The van der Waals surface area contributed by atoms with Crippen LogP contribution in [0.15, 0.2) is 24.3 Å². The molecule has 5 aliphatic rings. The molecule has 7 atom stereocenters. The molecule has 9 heteroatoms. The Labute approximate surface area is 234 Å². The maximum Gasteiger partial charge on any atom is 0.154 e. The van der Waals surface area contributed by atoms with Gasteiger partial charge < -0.3 is 0 Å². The minimum Gasteiger partial charge on any atom is -0.295 e. The first-order valence-corrected chi connectivity index (χ1v) is 25.0. The summed E-state index contributed by atoms with van der Waals surface area (Å²) in [6, 6.07) is 9.23. The lowest BCUT2D eigenvalue weighted by Gasteiger charge is -2.57. The molecule has 1 aromatic carbocycles. The fourth-order valence-corrected chi connectivity index (χ4v) is 25.5. The van der Waals surface area contributed by atoms with Crippen LogP contribution in [0.1, 0.15) is 56.9 Å². The van der Waals surface area contributed by atoms with E-state index in [1.54, 1.807) is 24.6 Å². The molecule has 0 amide bonds. The van der Waals surface area contributed by atoms with Crippen molar-refractivity contribution in [1.29, 1.82) is 0 Å². The molecular formula is C27H46OP8. The van der Waals surface area contributed by atoms with Gasteiger partial charge in [-0.2, -0.15) is 0 Å². The lowest BCUT2D eigenvalue weighted by atomic mass is 9.56. The summed E-state index contributed by atoms with van der Waals surface area (Å²) in [5, 5.41) is 2.29. The van der Waals surface area contributed by atoms with Gasteiger partial charge in [0.2, 0.25) is 0 Å². The summed E-state index contributed by atoms with van der Waals surface area (Å²) in [6.45, 7) is 9.68. The van der Waals surface area contributed by atoms with Gasteiger partial charge in [0.1, 0.15) is 0 Å². The van der Waals surface area contributed by atoms with Gasteiger partial charge in [-0.25, -0.2) is 0 Å². The highest BCUT2D eigenvalue weighted by Gasteiger charge is 2.51. The number of benzene rings is 1. The summed E-state index contributed by atoms with van der Waals surface area (Å²) in [6.07, 6.45) is 12.6. The van der Waals surface area contributed by atoms with Crippen LogP contribution in [0.25, 0.3) is 0 Å². The Morgan fingerprint density at radius 1 is 0.833 bits per heavy atom. The second-order valence-electron chi connectivity index (χ2n) is 11.9. The Morgan fingerprint density at radius 3 is 1.89 bits per heavy atom. The first kappa shape index (κ1) is 29.8. The Morgan fingerprint density at radius 2 is 1.36 bits per heavy atom. The molecule has 6 rings (SSSR count). The van der Waals surface area contributed by atoms with Gasteiger partial charge >= 0.3 is 0 Å². The number of hydrogen-bond donors (Lipinski definition) is 0. The monoisotopic (exact) mass is 634 g/mol. The van der Waals surface area contributed by atoms with Crippen molar-refractivity contribution >= 4 is 78.9 Å². The van der Waals surface area contributed by atoms with Crippen LogP contribution in [0, 0.1) is 23.7 Å². The van der Waals surface area contributed by atoms with Gasteiger partial charge in [0.25, 0.3) is 0 Å². The van der Waals surface area contributed by atoms with Crippen molar-refractivity contribution < 1.29 is 4.79 Å². The van der Waals surface area contributed by atoms with Crippen molar-refractivity contribution in [2.45, 2.75) is 72.0 Å². The van der Waals surface area contributed by atoms with Crippen LogP contribution < -0.4 is 5.30 Å². The van der Waals surface area contributed by atoms with Gasteiger partial charge in [-0.3, -0.25) is 4.79 Å². The van der Waals surface area contributed by atoms with Gasteiger partial charge in [-0.05, 0) is 127 Å². The number of carbonyl (C=O) groups excluding carboxylic acids is 1. The summed E-state index contributed by atoms with van der Waals surface area (Å²) in [7, 11) is 7.59. The molecule has 0 radical (unpaired) electrons. The largest absolute Gasteiger partial charge is 0.295 e. The smallest absolute Gasteiger partial charge is 0.154 e. The molecule has 0 N–H and O–H groups in total. The quantitative estimate of drug-likeness (QED) is 0.222. The lowest BCUT2D eigenvalue weighted by Crippen LogP contribution is -2.47. The normalized spacial score (nSPS) is 42.4. The molecule has 200 valence electrons. The average molecular weight is 634 g/mol. The third kappa shape index (κ3) is 6.53. The molecule has 36 heavy (non-hydrogen) atoms. The summed E-state index contributed by atoms with van der Waals surface area (Å²) in [5.74, 6) is 3.49. The molecule has 4 aliphatic carbocycles. The second kappa shape index (κ2) is 12.7. The predicted molar refractivity (Wildman–Crippen MR) is 184 cm³/mol. The van der Waals surface area contributed by atoms with Crippen LogP contribution in [-0.2, 0) is 11.0 Å². The number of hydrogen-bond acceptors (Lipinski definition) is 1. The van der Waals surface area contributed by atoms with Crippen LogP contribution in [0.2, 0.25) is 0 Å². The van der Waals surface area contributed by atoms with Crippen molar-refractivity contribution in [2.24, 2.45) is 23.7 Å². The highest BCUT2D eigenvalue weighted by atomic mass is 32.0. The zero-order valence-corrected chi connectivity index (χ0v) is 30.4. The molecule has 1 nitrogen and oxygen atoms in total. The third-order valence-electron chi connectivity index (χ3n) is 9.58. The van der Waals surface area contributed by atoms with Gasteiger partial charge in [0, 0.05) is 15.2 Å². The summed E-state index contributed by atoms with van der Waals surface area (Å²) in [5.41, 5.74) is 2.11. The Bertz CT molecular complexity index is 873. The lowest BCUT2D eigenvalue weighted by molar-refractivity contribution is -0.115. The van der Waals surface area contributed by atoms with Crippen LogP contribution in [0.3, 0.4) is 0 Å². The number of carbonyl (C=O) groups is 1. The Hall–Kier alpha value is 2.33. The van der Waals surface area contributed by atoms with Crippen molar-refractivity contribution in [3.05, 3.63) is 29.8 Å². The van der Waals surface area contributed by atoms with E-state index in [0.29, 0.717) is 34.5 Å². The van der Waals surface area contributed by atoms with E-state index in [2.05, 4.69) is 50.9 Å². The maximum atomic E-state index is 13.7. The average Bonchev–Trinajstić information content (AvgIpc) is 2.89. The Balaban J connectivity index is 1.23. The van der Waals surface area contributed by atoms with Gasteiger partial charge in [0.15, 0.2) is 5.52 Å². The second-order valence-corrected chi connectivity index (χ2v) is 27.0. The molecular weight excluding hydrogens is 588 g/mol. The first-order valence-electron chi connectivity index (χ1n) is 13.8. The van der Waals surface area contributed by atoms with Crippen LogP contribution in [-0.4, -0.2) is 46.6 Å². The molecule has 1 heterocycles. The highest BCUT2D eigenvalue weighted by Crippen LogP contribution is 2.75. The summed E-state index contributed by atoms with van der Waals surface area (Å²) < 4.78 is 0.959. The molecule has 1 saturated heterocycles. The molecule has 0 aromatic heterocycles. The molecule has 7 unspecified atom stereocenters. The van der Waals surface area contributed by atoms with Crippen LogP contribution >= 0.6 is 68.0 Å². The minimum absolute atomic E-state index is 0.327. The van der Waals surface area contributed by atoms with E-state index in [1.165, 1.54) is 37.7 Å².